The van der Waals surface area contributed by atoms with Crippen molar-refractivity contribution in [1.82, 2.24) is 4.98 Å². The fourth-order valence-electron chi connectivity index (χ4n) is 2.62. The highest BCUT2D eigenvalue weighted by Gasteiger charge is 2.27. The van der Waals surface area contributed by atoms with Crippen molar-refractivity contribution < 1.29 is 14.3 Å². The third-order valence-electron chi connectivity index (χ3n) is 3.96. The van der Waals surface area contributed by atoms with Crippen LogP contribution in [0.25, 0.3) is 6.08 Å². The largest absolute Gasteiger partial charge is 0.489 e. The molecule has 0 saturated heterocycles. The number of aromatic nitrogens is 1. The Hall–Kier alpha value is -3.11. The van der Waals surface area contributed by atoms with E-state index in [1.807, 2.05) is 36.4 Å². The summed E-state index contributed by atoms with van der Waals surface area (Å²) in [5.41, 5.74) is 2.39. The molecule has 0 bridgehead atoms. The lowest BCUT2D eigenvalue weighted by molar-refractivity contribution is 0.101. The lowest BCUT2D eigenvalue weighted by Crippen LogP contribution is -1.98. The number of hydrogen-bond donors (Lipinski definition) is 0. The van der Waals surface area contributed by atoms with Gasteiger partial charge in [-0.3, -0.25) is 9.78 Å². The first-order valence-corrected chi connectivity index (χ1v) is 8.42. The Morgan fingerprint density at radius 1 is 1.04 bits per heavy atom. The highest BCUT2D eigenvalue weighted by molar-refractivity contribution is 6.30. The fourth-order valence-corrected chi connectivity index (χ4v) is 2.74. The van der Waals surface area contributed by atoms with Gasteiger partial charge < -0.3 is 9.47 Å². The minimum Gasteiger partial charge on any atom is -0.489 e. The van der Waals surface area contributed by atoms with Crippen molar-refractivity contribution in [3.8, 4) is 11.5 Å². The Labute approximate surface area is 155 Å². The summed E-state index contributed by atoms with van der Waals surface area (Å²) in [7, 11) is 0. The Kier molecular flexibility index (Phi) is 4.42. The molecule has 1 aliphatic rings. The summed E-state index contributed by atoms with van der Waals surface area (Å²) in [6, 6.07) is 16.3. The zero-order valence-electron chi connectivity index (χ0n) is 13.7. The number of pyridine rings is 1. The van der Waals surface area contributed by atoms with Crippen molar-refractivity contribution in [1.29, 1.82) is 0 Å². The maximum Gasteiger partial charge on any atom is 0.231 e. The molecule has 5 heteroatoms. The summed E-state index contributed by atoms with van der Waals surface area (Å²) in [6.07, 6.45) is 5.04. The second-order valence-electron chi connectivity index (χ2n) is 5.79. The first kappa shape index (κ1) is 16.4. The molecule has 0 N–H and O–H groups in total. The first-order valence-electron chi connectivity index (χ1n) is 8.04. The van der Waals surface area contributed by atoms with Crippen molar-refractivity contribution in [3.05, 3.63) is 94.5 Å². The number of ether oxygens (including phenoxy) is 2. The summed E-state index contributed by atoms with van der Waals surface area (Å²) in [6.45, 7) is 0.406. The van der Waals surface area contributed by atoms with Crippen LogP contribution in [-0.4, -0.2) is 10.8 Å². The Bertz CT molecular complexity index is 982. The van der Waals surface area contributed by atoms with Gasteiger partial charge >= 0.3 is 0 Å². The van der Waals surface area contributed by atoms with E-state index >= 15 is 0 Å². The summed E-state index contributed by atoms with van der Waals surface area (Å²) in [5.74, 6) is 1.29. The van der Waals surface area contributed by atoms with Gasteiger partial charge in [-0.05, 0) is 53.6 Å². The molecule has 0 aliphatic carbocycles. The minimum atomic E-state index is -0.138. The standard InChI is InChI=1S/C21H14ClNO3/c22-16-3-1-15(2-4-16)13-25-17-5-6-18-19(12-17)26-20(21(18)24)11-14-7-9-23-10-8-14/h1-12H,13H2/b20-11-. The van der Waals surface area contributed by atoms with Crippen LogP contribution in [-0.2, 0) is 6.61 Å². The zero-order valence-corrected chi connectivity index (χ0v) is 14.4. The van der Waals surface area contributed by atoms with Crippen LogP contribution in [0.3, 0.4) is 0 Å². The van der Waals surface area contributed by atoms with Crippen LogP contribution in [0.2, 0.25) is 5.02 Å². The summed E-state index contributed by atoms with van der Waals surface area (Å²) >= 11 is 5.88. The number of benzene rings is 2. The zero-order chi connectivity index (χ0) is 17.9. The summed E-state index contributed by atoms with van der Waals surface area (Å²) in [5, 5.41) is 0.687. The molecule has 0 fully saturated rings. The molecular formula is C21H14ClNO3. The molecule has 1 aliphatic heterocycles. The molecule has 2 heterocycles. The monoisotopic (exact) mass is 363 g/mol. The van der Waals surface area contributed by atoms with Crippen LogP contribution in [0.5, 0.6) is 11.5 Å². The molecule has 0 spiro atoms. The Balaban J connectivity index is 1.50. The van der Waals surface area contributed by atoms with Crippen LogP contribution >= 0.6 is 11.6 Å². The molecule has 0 unspecified atom stereocenters. The molecule has 4 nitrogen and oxygen atoms in total. The van der Waals surface area contributed by atoms with E-state index in [4.69, 9.17) is 21.1 Å². The van der Waals surface area contributed by atoms with E-state index in [2.05, 4.69) is 4.98 Å². The molecule has 0 radical (unpaired) electrons. The van der Waals surface area contributed by atoms with E-state index in [1.54, 1.807) is 36.7 Å². The second kappa shape index (κ2) is 7.02. The number of hydrogen-bond acceptors (Lipinski definition) is 4. The smallest absolute Gasteiger partial charge is 0.231 e. The maximum absolute atomic E-state index is 12.5. The molecule has 128 valence electrons. The van der Waals surface area contributed by atoms with Crippen LogP contribution in [0.1, 0.15) is 21.5 Å². The number of ketones is 1. The number of rotatable bonds is 4. The Morgan fingerprint density at radius 3 is 2.58 bits per heavy atom. The first-order chi connectivity index (χ1) is 12.7. The van der Waals surface area contributed by atoms with Gasteiger partial charge in [0.15, 0.2) is 5.76 Å². The number of halogens is 1. The van der Waals surface area contributed by atoms with Crippen molar-refractivity contribution >= 4 is 23.5 Å². The lowest BCUT2D eigenvalue weighted by Gasteiger charge is -2.07. The fraction of sp³-hybridized carbons (Fsp3) is 0.0476. The van der Waals surface area contributed by atoms with Crippen molar-refractivity contribution in [2.45, 2.75) is 6.61 Å². The van der Waals surface area contributed by atoms with Crippen LogP contribution in [0.4, 0.5) is 0 Å². The number of Topliss-reactive ketones (excluding diaryl/α,β-unsaturated/α-hetero) is 1. The van der Waals surface area contributed by atoms with E-state index in [0.717, 1.165) is 11.1 Å². The van der Waals surface area contributed by atoms with Gasteiger partial charge in [0.1, 0.15) is 18.1 Å². The number of carbonyl (C=O) groups is 1. The van der Waals surface area contributed by atoms with Gasteiger partial charge in [-0.2, -0.15) is 0 Å². The predicted molar refractivity (Wildman–Crippen MR) is 99.4 cm³/mol. The third kappa shape index (κ3) is 3.46. The minimum absolute atomic E-state index is 0.138. The molecular weight excluding hydrogens is 350 g/mol. The maximum atomic E-state index is 12.5. The molecule has 3 aromatic rings. The lowest BCUT2D eigenvalue weighted by atomic mass is 10.1. The normalized spacial score (nSPS) is 14.2. The SMILES string of the molecule is O=C1/C(=C/c2ccncc2)Oc2cc(OCc3ccc(Cl)cc3)ccc21. The third-order valence-corrected chi connectivity index (χ3v) is 4.22. The average Bonchev–Trinajstić information content (AvgIpc) is 2.97. The molecule has 0 amide bonds. The van der Waals surface area contributed by atoms with Crippen LogP contribution in [0, 0.1) is 0 Å². The van der Waals surface area contributed by atoms with E-state index in [0.29, 0.717) is 34.5 Å². The van der Waals surface area contributed by atoms with Gasteiger partial charge in [0.2, 0.25) is 5.78 Å². The number of nitrogens with zero attached hydrogens (tertiary/aromatic N) is 1. The van der Waals surface area contributed by atoms with E-state index in [-0.39, 0.29) is 5.78 Å². The van der Waals surface area contributed by atoms with E-state index in [9.17, 15) is 4.79 Å². The predicted octanol–water partition coefficient (Wildman–Crippen LogP) is 4.93. The molecule has 26 heavy (non-hydrogen) atoms. The second-order valence-corrected chi connectivity index (χ2v) is 6.23. The van der Waals surface area contributed by atoms with Crippen LogP contribution < -0.4 is 9.47 Å². The molecule has 2 aromatic carbocycles. The van der Waals surface area contributed by atoms with Gasteiger partial charge in [-0.15, -0.1) is 0 Å². The summed E-state index contributed by atoms with van der Waals surface area (Å²) < 4.78 is 11.5. The van der Waals surface area contributed by atoms with Crippen molar-refractivity contribution in [2.24, 2.45) is 0 Å². The molecule has 1 aromatic heterocycles. The highest BCUT2D eigenvalue weighted by atomic mass is 35.5. The van der Waals surface area contributed by atoms with Crippen molar-refractivity contribution in [2.75, 3.05) is 0 Å². The van der Waals surface area contributed by atoms with Crippen molar-refractivity contribution in [3.63, 3.8) is 0 Å². The molecule has 0 saturated carbocycles. The number of fused-ring (bicyclic) bond motifs is 1. The molecule has 4 rings (SSSR count). The molecule has 0 atom stereocenters. The Morgan fingerprint density at radius 2 is 1.81 bits per heavy atom. The number of carbonyl (C=O) groups excluding carboxylic acids is 1. The summed E-state index contributed by atoms with van der Waals surface area (Å²) in [4.78, 5) is 16.4. The van der Waals surface area contributed by atoms with Gasteiger partial charge in [-0.25, -0.2) is 0 Å². The number of allylic oxidation sites excluding steroid dienone is 1. The van der Waals surface area contributed by atoms with E-state index in [1.165, 1.54) is 0 Å². The van der Waals surface area contributed by atoms with Gasteiger partial charge in [-0.1, -0.05) is 23.7 Å². The van der Waals surface area contributed by atoms with Gasteiger partial charge in [0, 0.05) is 23.5 Å². The van der Waals surface area contributed by atoms with Crippen LogP contribution in [0.15, 0.2) is 72.8 Å². The topological polar surface area (TPSA) is 48.4 Å². The van der Waals surface area contributed by atoms with Gasteiger partial charge in [0.05, 0.1) is 5.56 Å². The highest BCUT2D eigenvalue weighted by Crippen LogP contribution is 2.35. The average molecular weight is 364 g/mol. The van der Waals surface area contributed by atoms with Gasteiger partial charge in [0.25, 0.3) is 0 Å². The van der Waals surface area contributed by atoms with E-state index < -0.39 is 0 Å². The quantitative estimate of drug-likeness (QED) is 0.617.